The number of aryl methyl sites for hydroxylation is 4. The van der Waals surface area contributed by atoms with Gasteiger partial charge in [-0.2, -0.15) is 0 Å². The zero-order valence-corrected chi connectivity index (χ0v) is 38.6. The van der Waals surface area contributed by atoms with Crippen molar-refractivity contribution >= 4 is 34.1 Å². The van der Waals surface area contributed by atoms with Crippen molar-refractivity contribution in [3.8, 4) is 22.3 Å². The number of aromatic nitrogens is 2. The first kappa shape index (κ1) is 40.0. The lowest BCUT2D eigenvalue weighted by Crippen LogP contribution is -2.49. The number of para-hydroxylation sites is 1. The minimum Gasteiger partial charge on any atom is -0.310 e. The van der Waals surface area contributed by atoms with Crippen molar-refractivity contribution in [2.75, 3.05) is 9.80 Å². The highest BCUT2D eigenvalue weighted by Gasteiger charge is 2.59. The molecule has 0 atom stereocenters. The van der Waals surface area contributed by atoms with Gasteiger partial charge in [0.1, 0.15) is 0 Å². The van der Waals surface area contributed by atoms with E-state index in [1.165, 1.54) is 78.1 Å². The smallest absolute Gasteiger partial charge is 0.0748 e. The maximum Gasteiger partial charge on any atom is 0.0748 e. The van der Waals surface area contributed by atoms with Gasteiger partial charge in [0.15, 0.2) is 0 Å². The predicted octanol–water partition coefficient (Wildman–Crippen LogP) is 15.7. The van der Waals surface area contributed by atoms with Gasteiger partial charge in [0, 0.05) is 36.2 Å². The highest BCUT2D eigenvalue weighted by Crippen LogP contribution is 2.68. The second-order valence-corrected chi connectivity index (χ2v) is 18.9. The molecular weight excluding hydrogens is 825 g/mol. The minimum absolute atomic E-state index is 0.657. The van der Waals surface area contributed by atoms with Crippen LogP contribution in [0.2, 0.25) is 0 Å². The summed E-state index contributed by atoms with van der Waals surface area (Å²) in [5.41, 5.74) is 25.3. The van der Waals surface area contributed by atoms with E-state index >= 15 is 0 Å². The van der Waals surface area contributed by atoms with Crippen LogP contribution in [0.3, 0.4) is 0 Å². The molecule has 2 aliphatic heterocycles. The average molecular weight is 873 g/mol. The van der Waals surface area contributed by atoms with Gasteiger partial charge >= 0.3 is 0 Å². The van der Waals surface area contributed by atoms with Crippen molar-refractivity contribution in [1.29, 1.82) is 0 Å². The molecule has 3 aliphatic rings. The summed E-state index contributed by atoms with van der Waals surface area (Å²) in [5.74, 6) is 0. The fraction of sp³-hybridized carbons (Fsp3) is 0.0938. The molecule has 2 aromatic heterocycles. The maximum atomic E-state index is 4.39. The predicted molar refractivity (Wildman–Crippen MR) is 279 cm³/mol. The van der Waals surface area contributed by atoms with E-state index < -0.39 is 10.8 Å². The van der Waals surface area contributed by atoms with E-state index in [0.29, 0.717) is 0 Å². The lowest BCUT2D eigenvalue weighted by molar-refractivity contribution is 0.606. The van der Waals surface area contributed by atoms with Crippen LogP contribution in [-0.2, 0) is 10.8 Å². The van der Waals surface area contributed by atoms with Crippen molar-refractivity contribution in [3.05, 3.63) is 286 Å². The molecule has 0 bridgehead atoms. The van der Waals surface area contributed by atoms with Crippen molar-refractivity contribution < 1.29 is 0 Å². The molecule has 1 aliphatic carbocycles. The molecule has 4 nitrogen and oxygen atoms in total. The van der Waals surface area contributed by atoms with E-state index in [1.807, 2.05) is 24.8 Å². The molecule has 0 unspecified atom stereocenters. The molecule has 0 radical (unpaired) electrons. The summed E-state index contributed by atoms with van der Waals surface area (Å²) in [7, 11) is 0. The standard InChI is InChI=1S/C64H48N4/c1-41-18-22-59-55(34-41)63(56-35-42(2)19-23-60(56)67(59)49-12-6-5-7-13-49)51-14-8-10-16-53(51)64(54-17-11-9-15-52(54)63)57-36-43(3)20-24-61(57)68(62-25-21-44(4)37-58(62)64)50-39-47(45-26-30-65-31-27-45)38-48(40-50)46-28-32-66-33-29-46/h5-40H,1-4H3. The lowest BCUT2D eigenvalue weighted by atomic mass is 9.48. The Bertz CT molecular complexity index is 3420. The molecule has 8 aromatic carbocycles. The van der Waals surface area contributed by atoms with Gasteiger partial charge in [-0.05, 0) is 173 Å². The van der Waals surface area contributed by atoms with Crippen LogP contribution in [-0.4, -0.2) is 9.97 Å². The largest absolute Gasteiger partial charge is 0.310 e. The lowest BCUT2D eigenvalue weighted by Gasteiger charge is -2.56. The topological polar surface area (TPSA) is 32.3 Å². The molecule has 0 N–H and O–H groups in total. The molecule has 0 saturated heterocycles. The molecule has 324 valence electrons. The first-order valence-corrected chi connectivity index (χ1v) is 23.6. The number of fused-ring (bicyclic) bond motifs is 14. The number of anilines is 6. The van der Waals surface area contributed by atoms with Gasteiger partial charge in [0.2, 0.25) is 0 Å². The Kier molecular flexibility index (Phi) is 8.88. The monoisotopic (exact) mass is 872 g/mol. The summed E-state index contributed by atoms with van der Waals surface area (Å²) in [6, 6.07) is 73.6. The normalized spacial score (nSPS) is 14.4. The molecular formula is C64H48N4. The van der Waals surface area contributed by atoms with Crippen LogP contribution in [0.15, 0.2) is 219 Å². The van der Waals surface area contributed by atoms with Crippen LogP contribution in [0, 0.1) is 27.7 Å². The molecule has 68 heavy (non-hydrogen) atoms. The third-order valence-electron chi connectivity index (χ3n) is 14.9. The van der Waals surface area contributed by atoms with Crippen LogP contribution in [0.1, 0.15) is 66.8 Å². The van der Waals surface area contributed by atoms with Crippen molar-refractivity contribution in [2.45, 2.75) is 38.5 Å². The number of benzene rings is 8. The van der Waals surface area contributed by atoms with Crippen LogP contribution >= 0.6 is 0 Å². The molecule has 2 spiro atoms. The molecule has 13 rings (SSSR count). The van der Waals surface area contributed by atoms with Crippen molar-refractivity contribution in [1.82, 2.24) is 9.97 Å². The number of hydrogen-bond acceptors (Lipinski definition) is 4. The van der Waals surface area contributed by atoms with E-state index in [0.717, 1.165) is 45.0 Å². The third-order valence-corrected chi connectivity index (χ3v) is 14.9. The quantitative estimate of drug-likeness (QED) is 0.176. The molecule has 0 saturated carbocycles. The van der Waals surface area contributed by atoms with Gasteiger partial charge in [0.05, 0.1) is 33.6 Å². The highest BCUT2D eigenvalue weighted by molar-refractivity contribution is 5.97. The zero-order valence-electron chi connectivity index (χ0n) is 38.6. The van der Waals surface area contributed by atoms with Crippen LogP contribution in [0.25, 0.3) is 22.3 Å². The zero-order chi connectivity index (χ0) is 45.7. The van der Waals surface area contributed by atoms with Gasteiger partial charge in [-0.15, -0.1) is 0 Å². The molecule has 0 fully saturated rings. The average Bonchev–Trinajstić information content (AvgIpc) is 3.38. The van der Waals surface area contributed by atoms with E-state index in [4.69, 9.17) is 0 Å². The highest BCUT2D eigenvalue weighted by atomic mass is 15.2. The van der Waals surface area contributed by atoms with Crippen molar-refractivity contribution in [3.63, 3.8) is 0 Å². The summed E-state index contributed by atoms with van der Waals surface area (Å²) in [5, 5.41) is 0. The first-order chi connectivity index (χ1) is 33.3. The van der Waals surface area contributed by atoms with Gasteiger partial charge in [0.25, 0.3) is 0 Å². The fourth-order valence-electron chi connectivity index (χ4n) is 12.2. The van der Waals surface area contributed by atoms with E-state index in [2.05, 4.69) is 242 Å². The number of pyridine rings is 2. The number of hydrogen-bond donors (Lipinski definition) is 0. The maximum absolute atomic E-state index is 4.39. The van der Waals surface area contributed by atoms with E-state index in [-0.39, 0.29) is 0 Å². The summed E-state index contributed by atoms with van der Waals surface area (Å²) in [6.45, 7) is 8.98. The molecule has 4 heterocycles. The Morgan fingerprint density at radius 2 is 0.603 bits per heavy atom. The second-order valence-electron chi connectivity index (χ2n) is 18.9. The van der Waals surface area contributed by atoms with Crippen LogP contribution in [0.4, 0.5) is 34.1 Å². The number of rotatable bonds is 4. The summed E-state index contributed by atoms with van der Waals surface area (Å²) in [6.07, 6.45) is 7.52. The van der Waals surface area contributed by atoms with Gasteiger partial charge in [-0.3, -0.25) is 9.97 Å². The summed E-state index contributed by atoms with van der Waals surface area (Å²) >= 11 is 0. The summed E-state index contributed by atoms with van der Waals surface area (Å²) in [4.78, 5) is 13.8. The van der Waals surface area contributed by atoms with Gasteiger partial charge < -0.3 is 9.80 Å². The van der Waals surface area contributed by atoms with Gasteiger partial charge in [-0.25, -0.2) is 0 Å². The Hall–Kier alpha value is -8.34. The molecule has 4 heteroatoms. The Labute approximate surface area is 398 Å². The Balaban J connectivity index is 1.15. The first-order valence-electron chi connectivity index (χ1n) is 23.6. The van der Waals surface area contributed by atoms with Crippen molar-refractivity contribution in [2.24, 2.45) is 0 Å². The van der Waals surface area contributed by atoms with Crippen LogP contribution in [0.5, 0.6) is 0 Å². The van der Waals surface area contributed by atoms with Crippen LogP contribution < -0.4 is 9.80 Å². The van der Waals surface area contributed by atoms with E-state index in [9.17, 15) is 0 Å². The minimum atomic E-state index is -0.696. The summed E-state index contributed by atoms with van der Waals surface area (Å²) < 4.78 is 0. The Morgan fingerprint density at radius 3 is 0.956 bits per heavy atom. The molecule has 10 aromatic rings. The van der Waals surface area contributed by atoms with E-state index in [1.54, 1.807) is 0 Å². The van der Waals surface area contributed by atoms with Gasteiger partial charge in [-0.1, -0.05) is 138 Å². The SMILES string of the molecule is Cc1ccc2c(c1)C1(c3cc(C)ccc3N2c2ccccc2)c2ccccc2C2(c3cc(C)ccc3N(c3cc(-c4ccncc4)cc(-c4ccncc4)c3)c3ccc(C)cc32)c2ccccc21. The third kappa shape index (κ3) is 5.61. The molecule has 0 amide bonds. The Morgan fingerprint density at radius 1 is 0.279 bits per heavy atom. The number of nitrogens with zero attached hydrogens (tertiary/aromatic N) is 4. The second kappa shape index (κ2) is 15.1. The fourth-order valence-corrected chi connectivity index (χ4v) is 12.2.